The summed E-state index contributed by atoms with van der Waals surface area (Å²) in [6.45, 7) is 4.57. The second-order valence-electron chi connectivity index (χ2n) is 6.43. The highest BCUT2D eigenvalue weighted by Crippen LogP contribution is 2.21. The van der Waals surface area contributed by atoms with Gasteiger partial charge in [0.1, 0.15) is 0 Å². The zero-order chi connectivity index (χ0) is 20.3. The van der Waals surface area contributed by atoms with E-state index in [0.29, 0.717) is 22.5 Å². The predicted octanol–water partition coefficient (Wildman–Crippen LogP) is 3.44. The molecule has 2 aromatic heterocycles. The summed E-state index contributed by atoms with van der Waals surface area (Å²) in [6, 6.07) is 9.53. The Hall–Kier alpha value is -3.01. The van der Waals surface area contributed by atoms with Crippen LogP contribution in [0.3, 0.4) is 0 Å². The van der Waals surface area contributed by atoms with Crippen molar-refractivity contribution in [1.82, 2.24) is 19.6 Å². The first-order chi connectivity index (χ1) is 13.3. The number of carbonyl (C=O) groups excluding carboxylic acids is 1. The standard InChI is InChI=1S/C18H19BrN6O3/c1-12-3-5-14(6-4-12)10-23-11-15(19)18(22-23)20-17(26)7-8-24-13(2)9-16(21-24)25(27)28/h3-6,9,11H,7-8,10H2,1-2H3,(H,20,22,26). The molecule has 0 bridgehead atoms. The van der Waals surface area contributed by atoms with Gasteiger partial charge >= 0.3 is 5.82 Å². The Labute approximate surface area is 169 Å². The van der Waals surface area contributed by atoms with Gasteiger partial charge in [-0.05, 0) is 40.3 Å². The van der Waals surface area contributed by atoms with Crippen molar-refractivity contribution in [1.29, 1.82) is 0 Å². The number of nitrogens with zero attached hydrogens (tertiary/aromatic N) is 5. The van der Waals surface area contributed by atoms with Gasteiger partial charge < -0.3 is 15.4 Å². The minimum atomic E-state index is -0.554. The highest BCUT2D eigenvalue weighted by molar-refractivity contribution is 9.10. The summed E-state index contributed by atoms with van der Waals surface area (Å²) < 4.78 is 3.87. The van der Waals surface area contributed by atoms with Gasteiger partial charge in [0, 0.05) is 12.6 Å². The fourth-order valence-electron chi connectivity index (χ4n) is 2.65. The maximum absolute atomic E-state index is 12.2. The van der Waals surface area contributed by atoms with Gasteiger partial charge in [0.05, 0.1) is 34.4 Å². The number of nitrogens with one attached hydrogen (secondary N) is 1. The smallest absolute Gasteiger partial charge is 0.358 e. The monoisotopic (exact) mass is 446 g/mol. The van der Waals surface area contributed by atoms with Crippen molar-refractivity contribution < 1.29 is 9.72 Å². The van der Waals surface area contributed by atoms with Crippen molar-refractivity contribution in [2.75, 3.05) is 5.32 Å². The molecule has 0 saturated carbocycles. The molecule has 0 aliphatic carbocycles. The molecule has 10 heteroatoms. The number of anilines is 1. The van der Waals surface area contributed by atoms with E-state index in [1.54, 1.807) is 17.8 Å². The van der Waals surface area contributed by atoms with Crippen molar-refractivity contribution in [3.05, 3.63) is 67.9 Å². The van der Waals surface area contributed by atoms with Crippen LogP contribution in [0, 0.1) is 24.0 Å². The third-order valence-electron chi connectivity index (χ3n) is 4.15. The molecule has 1 N–H and O–H groups in total. The van der Waals surface area contributed by atoms with Gasteiger partial charge in [-0.2, -0.15) is 9.78 Å². The zero-order valence-corrected chi connectivity index (χ0v) is 17.0. The van der Waals surface area contributed by atoms with E-state index < -0.39 is 4.92 Å². The summed E-state index contributed by atoms with van der Waals surface area (Å²) in [5.41, 5.74) is 2.92. The summed E-state index contributed by atoms with van der Waals surface area (Å²) in [6.07, 6.45) is 1.92. The number of rotatable bonds is 7. The molecule has 1 amide bonds. The molecule has 3 aromatic rings. The number of aromatic nitrogens is 4. The lowest BCUT2D eigenvalue weighted by atomic mass is 10.1. The molecule has 3 rings (SSSR count). The third-order valence-corrected chi connectivity index (χ3v) is 4.73. The Morgan fingerprint density at radius 1 is 1.25 bits per heavy atom. The maximum atomic E-state index is 12.2. The Morgan fingerprint density at radius 3 is 2.61 bits per heavy atom. The normalized spacial score (nSPS) is 10.8. The van der Waals surface area contributed by atoms with Crippen LogP contribution in [0.25, 0.3) is 0 Å². The minimum absolute atomic E-state index is 0.122. The van der Waals surface area contributed by atoms with E-state index in [4.69, 9.17) is 0 Å². The van der Waals surface area contributed by atoms with Crippen LogP contribution >= 0.6 is 15.9 Å². The Bertz CT molecular complexity index is 1010. The van der Waals surface area contributed by atoms with Gasteiger partial charge in [0.25, 0.3) is 0 Å². The molecule has 146 valence electrons. The molecule has 9 nitrogen and oxygen atoms in total. The number of halogens is 1. The van der Waals surface area contributed by atoms with Gasteiger partial charge in [0.15, 0.2) is 5.82 Å². The molecular weight excluding hydrogens is 428 g/mol. The number of benzene rings is 1. The molecular formula is C18H19BrN6O3. The molecule has 0 fully saturated rings. The molecule has 28 heavy (non-hydrogen) atoms. The van der Waals surface area contributed by atoms with Crippen molar-refractivity contribution in [2.24, 2.45) is 0 Å². The van der Waals surface area contributed by atoms with Gasteiger partial charge in [-0.25, -0.2) is 0 Å². The van der Waals surface area contributed by atoms with Crippen LogP contribution in [0.4, 0.5) is 11.6 Å². The molecule has 1 aromatic carbocycles. The maximum Gasteiger partial charge on any atom is 0.390 e. The van der Waals surface area contributed by atoms with Crippen molar-refractivity contribution >= 4 is 33.5 Å². The summed E-state index contributed by atoms with van der Waals surface area (Å²) in [5.74, 6) is -0.0466. The zero-order valence-electron chi connectivity index (χ0n) is 15.4. The Balaban J connectivity index is 1.59. The second kappa shape index (κ2) is 8.34. The van der Waals surface area contributed by atoms with E-state index in [1.165, 1.54) is 16.3 Å². The lowest BCUT2D eigenvalue weighted by Gasteiger charge is -2.04. The summed E-state index contributed by atoms with van der Waals surface area (Å²) in [5, 5.41) is 21.8. The largest absolute Gasteiger partial charge is 0.390 e. The number of nitro groups is 1. The van der Waals surface area contributed by atoms with E-state index >= 15 is 0 Å². The van der Waals surface area contributed by atoms with Crippen molar-refractivity contribution in [3.8, 4) is 0 Å². The summed E-state index contributed by atoms with van der Waals surface area (Å²) in [7, 11) is 0. The van der Waals surface area contributed by atoms with E-state index in [1.807, 2.05) is 31.2 Å². The topological polar surface area (TPSA) is 108 Å². The number of carbonyl (C=O) groups is 1. The first-order valence-corrected chi connectivity index (χ1v) is 9.38. The molecule has 2 heterocycles. The van der Waals surface area contributed by atoms with Gasteiger partial charge in [-0.1, -0.05) is 29.8 Å². The molecule has 0 unspecified atom stereocenters. The number of hydrogen-bond acceptors (Lipinski definition) is 5. The lowest BCUT2D eigenvalue weighted by molar-refractivity contribution is -0.389. The molecule has 0 aliphatic rings. The van der Waals surface area contributed by atoms with Crippen LogP contribution in [0.2, 0.25) is 0 Å². The van der Waals surface area contributed by atoms with E-state index in [2.05, 4.69) is 31.4 Å². The molecule has 0 saturated heterocycles. The Kier molecular flexibility index (Phi) is 5.88. The second-order valence-corrected chi connectivity index (χ2v) is 7.29. The van der Waals surface area contributed by atoms with Crippen LogP contribution in [0.15, 0.2) is 41.0 Å². The molecule has 0 aliphatic heterocycles. The first kappa shape index (κ1) is 19.7. The fraction of sp³-hybridized carbons (Fsp3) is 0.278. The number of aryl methyl sites for hydroxylation is 3. The van der Waals surface area contributed by atoms with Gasteiger partial charge in [0.2, 0.25) is 5.91 Å². The van der Waals surface area contributed by atoms with Crippen molar-refractivity contribution in [2.45, 2.75) is 33.4 Å². The predicted molar refractivity (Wildman–Crippen MR) is 107 cm³/mol. The van der Waals surface area contributed by atoms with Crippen LogP contribution in [0.1, 0.15) is 23.2 Å². The van der Waals surface area contributed by atoms with Crippen LogP contribution in [-0.2, 0) is 17.9 Å². The number of amides is 1. The summed E-state index contributed by atoms with van der Waals surface area (Å²) >= 11 is 3.41. The SMILES string of the molecule is Cc1ccc(Cn2cc(Br)c(NC(=O)CCn3nc([N+](=O)[O-])cc3C)n2)cc1. The van der Waals surface area contributed by atoms with Crippen LogP contribution in [0.5, 0.6) is 0 Å². The third kappa shape index (κ3) is 4.83. The van der Waals surface area contributed by atoms with Crippen LogP contribution < -0.4 is 5.32 Å². The quantitative estimate of drug-likeness (QED) is 0.441. The van der Waals surface area contributed by atoms with E-state index in [0.717, 1.165) is 5.56 Å². The van der Waals surface area contributed by atoms with Crippen molar-refractivity contribution in [3.63, 3.8) is 0 Å². The highest BCUT2D eigenvalue weighted by atomic mass is 79.9. The van der Waals surface area contributed by atoms with Gasteiger partial charge in [-0.3, -0.25) is 9.48 Å². The minimum Gasteiger partial charge on any atom is -0.358 e. The summed E-state index contributed by atoms with van der Waals surface area (Å²) in [4.78, 5) is 22.5. The average Bonchev–Trinajstić information content (AvgIpc) is 3.18. The lowest BCUT2D eigenvalue weighted by Crippen LogP contribution is -2.16. The van der Waals surface area contributed by atoms with Crippen LogP contribution in [-0.4, -0.2) is 30.4 Å². The molecule has 0 radical (unpaired) electrons. The fourth-order valence-corrected chi connectivity index (χ4v) is 3.07. The van der Waals surface area contributed by atoms with E-state index in [-0.39, 0.29) is 24.7 Å². The number of hydrogen-bond donors (Lipinski definition) is 1. The average molecular weight is 447 g/mol. The first-order valence-electron chi connectivity index (χ1n) is 8.59. The Morgan fingerprint density at radius 2 is 1.96 bits per heavy atom. The van der Waals surface area contributed by atoms with E-state index in [9.17, 15) is 14.9 Å². The van der Waals surface area contributed by atoms with Gasteiger partial charge in [-0.15, -0.1) is 0 Å². The molecule has 0 spiro atoms. The highest BCUT2D eigenvalue weighted by Gasteiger charge is 2.17. The molecule has 0 atom stereocenters.